The number of hydrogen-bond acceptors (Lipinski definition) is 8. The van der Waals surface area contributed by atoms with Gasteiger partial charge >= 0.3 is 5.97 Å². The Morgan fingerprint density at radius 2 is 1.95 bits per heavy atom. The van der Waals surface area contributed by atoms with Crippen LogP contribution in [0.4, 0.5) is 10.1 Å². The van der Waals surface area contributed by atoms with E-state index in [2.05, 4.69) is 27.7 Å². The van der Waals surface area contributed by atoms with Crippen LogP contribution in [0.5, 0.6) is 5.75 Å². The van der Waals surface area contributed by atoms with Gasteiger partial charge in [0.2, 0.25) is 0 Å². The Bertz CT molecular complexity index is 1400. The summed E-state index contributed by atoms with van der Waals surface area (Å²) in [4.78, 5) is 20.6. The topological polar surface area (TPSA) is 71.3 Å². The van der Waals surface area contributed by atoms with E-state index in [1.165, 1.54) is 36.1 Å². The van der Waals surface area contributed by atoms with Gasteiger partial charge in [0.25, 0.3) is 0 Å². The van der Waals surface area contributed by atoms with E-state index in [0.717, 1.165) is 71.9 Å². The van der Waals surface area contributed by atoms with E-state index >= 15 is 0 Å². The van der Waals surface area contributed by atoms with Gasteiger partial charge < -0.3 is 25.0 Å². The predicted molar refractivity (Wildman–Crippen MR) is 146 cm³/mol. The maximum Gasteiger partial charge on any atom is 0.307 e. The van der Waals surface area contributed by atoms with Crippen LogP contribution >= 0.6 is 11.8 Å². The van der Waals surface area contributed by atoms with Gasteiger partial charge in [-0.3, -0.25) is 9.69 Å². The zero-order chi connectivity index (χ0) is 26.1. The minimum Gasteiger partial charge on any atom is -0.490 e. The lowest BCUT2D eigenvalue weighted by atomic mass is 9.88. The van der Waals surface area contributed by atoms with E-state index in [4.69, 9.17) is 15.2 Å². The van der Waals surface area contributed by atoms with Crippen LogP contribution in [0.1, 0.15) is 48.4 Å². The first-order chi connectivity index (χ1) is 18.5. The summed E-state index contributed by atoms with van der Waals surface area (Å²) in [6.45, 7) is 4.60. The largest absolute Gasteiger partial charge is 0.490 e. The summed E-state index contributed by atoms with van der Waals surface area (Å²) >= 11 is 1.71. The third kappa shape index (κ3) is 3.43. The van der Waals surface area contributed by atoms with E-state index in [9.17, 15) is 9.18 Å². The molecule has 0 fully saturated rings. The van der Waals surface area contributed by atoms with Crippen molar-refractivity contribution in [3.63, 3.8) is 0 Å². The SMILES string of the molecule is COC(=O)CC1COc2c(cc3c4c2CCCN4CCC3)C2=C(N)N3C(c4ccc(F)cc4)=C(C)SC3N21. The molecule has 0 aliphatic carbocycles. The number of carbonyl (C=O) groups excluding carboxylic acids is 1. The molecule has 2 unspecified atom stereocenters. The molecule has 0 saturated heterocycles. The first kappa shape index (κ1) is 23.8. The zero-order valence-electron chi connectivity index (χ0n) is 21.6. The zero-order valence-corrected chi connectivity index (χ0v) is 22.4. The quantitative estimate of drug-likeness (QED) is 0.579. The van der Waals surface area contributed by atoms with Crippen molar-refractivity contribution in [2.24, 2.45) is 5.73 Å². The molecule has 0 saturated carbocycles. The number of anilines is 1. The van der Waals surface area contributed by atoms with Gasteiger partial charge in [-0.1, -0.05) is 11.8 Å². The molecule has 5 aliphatic rings. The van der Waals surface area contributed by atoms with E-state index in [1.54, 1.807) is 23.9 Å². The van der Waals surface area contributed by atoms with Gasteiger partial charge in [-0.2, -0.15) is 0 Å². The van der Waals surface area contributed by atoms with Gasteiger partial charge in [-0.25, -0.2) is 4.39 Å². The van der Waals surface area contributed by atoms with Gasteiger partial charge in [0, 0.05) is 34.8 Å². The maximum absolute atomic E-state index is 13.8. The molecule has 2 atom stereocenters. The van der Waals surface area contributed by atoms with Crippen molar-refractivity contribution in [3.05, 3.63) is 69.1 Å². The summed E-state index contributed by atoms with van der Waals surface area (Å²) in [6, 6.07) is 8.60. The lowest BCUT2D eigenvalue weighted by molar-refractivity contribution is -0.142. The molecule has 0 spiro atoms. The normalized spacial score (nSPS) is 23.5. The molecule has 2 aromatic carbocycles. The number of rotatable bonds is 3. The van der Waals surface area contributed by atoms with Crippen LogP contribution in [0.2, 0.25) is 0 Å². The van der Waals surface area contributed by atoms with Crippen LogP contribution < -0.4 is 15.4 Å². The smallest absolute Gasteiger partial charge is 0.307 e. The van der Waals surface area contributed by atoms with Crippen molar-refractivity contribution >= 4 is 34.8 Å². The van der Waals surface area contributed by atoms with Crippen molar-refractivity contribution in [2.75, 3.05) is 31.7 Å². The number of methoxy groups -OCH3 is 1. The third-order valence-electron chi connectivity index (χ3n) is 8.36. The minimum absolute atomic E-state index is 0.168. The number of ether oxygens (including phenoxy) is 2. The number of thioether (sulfide) groups is 1. The summed E-state index contributed by atoms with van der Waals surface area (Å²) in [5, 5.41) is 0. The number of aryl methyl sites for hydroxylation is 1. The van der Waals surface area contributed by atoms with Crippen LogP contribution in [0, 0.1) is 5.82 Å². The lowest BCUT2D eigenvalue weighted by Crippen LogP contribution is -2.44. The molecule has 5 aliphatic heterocycles. The number of fused-ring (bicyclic) bond motifs is 6. The number of allylic oxidation sites excluding steroid dienone is 1. The Kier molecular flexibility index (Phi) is 5.54. The first-order valence-electron chi connectivity index (χ1n) is 13.3. The molecule has 0 radical (unpaired) electrons. The number of carbonyl (C=O) groups is 1. The molecule has 9 heteroatoms. The standard InChI is InChI=1S/C29H31FN4O3S/c1-16-24(17-7-9-19(30)10-8-17)34-28(31)26-22-13-18-5-3-11-32-12-4-6-21(25(18)32)27(22)37-15-20(14-23(35)36-2)33(26)29(34)38-16/h7-10,13,20,29H,3-6,11-12,14-15,31H2,1-2H3. The van der Waals surface area contributed by atoms with Crippen LogP contribution in [0.15, 0.2) is 41.1 Å². The second kappa shape index (κ2) is 8.86. The van der Waals surface area contributed by atoms with Crippen LogP contribution in [-0.2, 0) is 22.4 Å². The van der Waals surface area contributed by atoms with E-state index < -0.39 is 0 Å². The number of esters is 1. The average molecular weight is 535 g/mol. The molecular weight excluding hydrogens is 503 g/mol. The molecule has 5 heterocycles. The molecule has 2 N–H and O–H groups in total. The second-order valence-corrected chi connectivity index (χ2v) is 11.8. The predicted octanol–water partition coefficient (Wildman–Crippen LogP) is 4.47. The third-order valence-corrected chi connectivity index (χ3v) is 9.56. The molecule has 0 bridgehead atoms. The monoisotopic (exact) mass is 534 g/mol. The molecule has 0 amide bonds. The highest BCUT2D eigenvalue weighted by Gasteiger charge is 2.50. The Balaban J connectivity index is 1.42. The van der Waals surface area contributed by atoms with Gasteiger partial charge in [-0.15, -0.1) is 0 Å². The van der Waals surface area contributed by atoms with Crippen molar-refractivity contribution in [1.82, 2.24) is 9.80 Å². The number of hydrogen-bond donors (Lipinski definition) is 1. The summed E-state index contributed by atoms with van der Waals surface area (Å²) in [6.07, 6.45) is 4.43. The Morgan fingerprint density at radius 1 is 1.18 bits per heavy atom. The Labute approximate surface area is 226 Å². The van der Waals surface area contributed by atoms with E-state index in [1.807, 2.05) is 0 Å². The lowest BCUT2D eigenvalue weighted by Gasteiger charge is -2.38. The van der Waals surface area contributed by atoms with E-state index in [0.29, 0.717) is 12.4 Å². The van der Waals surface area contributed by atoms with Gasteiger partial charge in [0.15, 0.2) is 5.50 Å². The number of nitrogens with two attached hydrogens (primary N) is 1. The Hall–Kier alpha value is -3.33. The fourth-order valence-corrected chi connectivity index (χ4v) is 8.14. The van der Waals surface area contributed by atoms with Crippen molar-refractivity contribution < 1.29 is 18.7 Å². The average Bonchev–Trinajstić information content (AvgIpc) is 3.33. The molecule has 0 aromatic heterocycles. The number of halogens is 1. The summed E-state index contributed by atoms with van der Waals surface area (Å²) < 4.78 is 25.5. The highest BCUT2D eigenvalue weighted by atomic mass is 32.2. The van der Waals surface area contributed by atoms with E-state index in [-0.39, 0.29) is 29.7 Å². The van der Waals surface area contributed by atoms with Gasteiger partial charge in [-0.05, 0) is 74.1 Å². The summed E-state index contributed by atoms with van der Waals surface area (Å²) in [7, 11) is 1.42. The first-order valence-corrected chi connectivity index (χ1v) is 14.2. The van der Waals surface area contributed by atoms with Crippen molar-refractivity contribution in [2.45, 2.75) is 50.6 Å². The summed E-state index contributed by atoms with van der Waals surface area (Å²) in [5.74, 6) is 0.990. The molecule has 7 nitrogen and oxygen atoms in total. The molecule has 2 aromatic rings. The molecule has 38 heavy (non-hydrogen) atoms. The van der Waals surface area contributed by atoms with Crippen molar-refractivity contribution in [3.8, 4) is 5.75 Å². The van der Waals surface area contributed by atoms with Gasteiger partial charge in [0.1, 0.15) is 24.0 Å². The molecule has 7 rings (SSSR count). The highest BCUT2D eigenvalue weighted by Crippen LogP contribution is 2.56. The number of benzene rings is 2. The van der Waals surface area contributed by atoms with Gasteiger partial charge in [0.05, 0.1) is 31.0 Å². The number of nitrogens with zero attached hydrogens (tertiary/aromatic N) is 3. The van der Waals surface area contributed by atoms with Crippen molar-refractivity contribution in [1.29, 1.82) is 0 Å². The second-order valence-electron chi connectivity index (χ2n) is 10.5. The maximum atomic E-state index is 13.8. The fraction of sp³-hybridized carbons (Fsp3) is 0.414. The minimum atomic E-state index is -0.279. The fourth-order valence-electron chi connectivity index (χ4n) is 6.78. The van der Waals surface area contributed by atoms with Crippen LogP contribution in [-0.4, -0.2) is 54.1 Å². The molecular formula is C29H31FN4O3S. The Morgan fingerprint density at radius 3 is 2.71 bits per heavy atom. The van der Waals surface area contributed by atoms with Crippen LogP contribution in [0.3, 0.4) is 0 Å². The highest BCUT2D eigenvalue weighted by molar-refractivity contribution is 8.04. The molecule has 198 valence electrons. The van der Waals surface area contributed by atoms with Crippen LogP contribution in [0.25, 0.3) is 11.4 Å². The summed E-state index contributed by atoms with van der Waals surface area (Å²) in [5.41, 5.74) is 14.7.